The lowest BCUT2D eigenvalue weighted by molar-refractivity contribution is -0.147. The number of rotatable bonds is 3. The number of carbonyl (C=O) groups excluding carboxylic acids is 2. The van der Waals surface area contributed by atoms with E-state index in [4.69, 9.17) is 10.00 Å². The minimum atomic E-state index is -1.00. The number of hydrogen-bond donors (Lipinski definition) is 0. The van der Waals surface area contributed by atoms with Gasteiger partial charge in [0.1, 0.15) is 0 Å². The number of nitrogens with zero attached hydrogens (tertiary/aromatic N) is 2. The highest BCUT2D eigenvalue weighted by Gasteiger charge is 2.33. The van der Waals surface area contributed by atoms with E-state index in [-0.39, 0.29) is 12.4 Å². The molecule has 0 saturated carbocycles. The van der Waals surface area contributed by atoms with Crippen molar-refractivity contribution in [3.63, 3.8) is 0 Å². The molecule has 106 valence electrons. The first-order valence-corrected chi connectivity index (χ1v) is 6.55. The molecule has 1 aromatic rings. The highest BCUT2D eigenvalue weighted by molar-refractivity contribution is 6.33. The molecule has 0 radical (unpaired) electrons. The van der Waals surface area contributed by atoms with Crippen molar-refractivity contribution in [3.8, 4) is 6.07 Å². The number of hydrogen-bond acceptors (Lipinski definition) is 5. The van der Waals surface area contributed by atoms with Crippen molar-refractivity contribution in [1.82, 2.24) is 0 Å². The third-order valence-electron chi connectivity index (χ3n) is 3.15. The molecule has 2 rings (SSSR count). The van der Waals surface area contributed by atoms with Gasteiger partial charge in [-0.2, -0.15) is 5.26 Å². The normalized spacial score (nSPS) is 17.6. The van der Waals surface area contributed by atoms with E-state index in [2.05, 4.69) is 4.99 Å². The van der Waals surface area contributed by atoms with Crippen molar-refractivity contribution < 1.29 is 14.3 Å². The predicted octanol–water partition coefficient (Wildman–Crippen LogP) is 2.12. The Morgan fingerprint density at radius 2 is 2.05 bits per heavy atom. The summed E-state index contributed by atoms with van der Waals surface area (Å²) in [6.07, 6.45) is 1.32. The maximum atomic E-state index is 12.5. The second-order valence-corrected chi connectivity index (χ2v) is 4.52. The van der Waals surface area contributed by atoms with Crippen molar-refractivity contribution >= 4 is 23.5 Å². The Kier molecular flexibility index (Phi) is 4.29. The summed E-state index contributed by atoms with van der Waals surface area (Å²) >= 11 is 0. The van der Waals surface area contributed by atoms with Crippen LogP contribution in [-0.2, 0) is 14.3 Å². The van der Waals surface area contributed by atoms with Crippen LogP contribution in [0.25, 0.3) is 5.57 Å². The molecule has 1 aromatic carbocycles. The van der Waals surface area contributed by atoms with Crippen molar-refractivity contribution in [2.24, 2.45) is 10.9 Å². The van der Waals surface area contributed by atoms with E-state index in [0.717, 1.165) is 0 Å². The zero-order valence-corrected chi connectivity index (χ0v) is 11.8. The summed E-state index contributed by atoms with van der Waals surface area (Å²) in [4.78, 5) is 28.4. The Hall–Kier alpha value is -2.74. The van der Waals surface area contributed by atoms with Crippen LogP contribution in [0.2, 0.25) is 0 Å². The highest BCUT2D eigenvalue weighted by atomic mass is 16.5. The SMILES string of the molecule is CCOC(=O)C1C=NC(C)=C(c2ccc(C#N)cc2)C1=O. The van der Waals surface area contributed by atoms with Crippen LogP contribution in [0.1, 0.15) is 25.0 Å². The molecule has 0 saturated heterocycles. The second kappa shape index (κ2) is 6.14. The van der Waals surface area contributed by atoms with Crippen LogP contribution in [0.4, 0.5) is 0 Å². The summed E-state index contributed by atoms with van der Waals surface area (Å²) in [7, 11) is 0. The zero-order valence-electron chi connectivity index (χ0n) is 11.8. The molecule has 0 aromatic heterocycles. The summed E-state index contributed by atoms with van der Waals surface area (Å²) in [5.41, 5.74) is 2.08. The van der Waals surface area contributed by atoms with Crippen molar-refractivity contribution in [3.05, 3.63) is 41.1 Å². The molecule has 1 aliphatic heterocycles. The minimum absolute atomic E-state index is 0.214. The van der Waals surface area contributed by atoms with E-state index in [9.17, 15) is 9.59 Å². The molecule has 1 unspecified atom stereocenters. The number of ketones is 1. The van der Waals surface area contributed by atoms with Gasteiger partial charge in [0.05, 0.1) is 18.2 Å². The van der Waals surface area contributed by atoms with Gasteiger partial charge in [-0.25, -0.2) is 0 Å². The Morgan fingerprint density at radius 1 is 1.38 bits per heavy atom. The third kappa shape index (κ3) is 2.90. The van der Waals surface area contributed by atoms with Crippen LogP contribution in [0.5, 0.6) is 0 Å². The number of Topliss-reactive ketones (excluding diaryl/α,β-unsaturated/α-hetero) is 1. The number of nitriles is 1. The van der Waals surface area contributed by atoms with Gasteiger partial charge in [0.25, 0.3) is 0 Å². The summed E-state index contributed by atoms with van der Waals surface area (Å²) in [5, 5.41) is 8.80. The van der Waals surface area contributed by atoms with Crippen LogP contribution < -0.4 is 0 Å². The maximum Gasteiger partial charge on any atom is 0.322 e. The molecule has 1 heterocycles. The van der Waals surface area contributed by atoms with Gasteiger partial charge in [-0.05, 0) is 31.5 Å². The number of esters is 1. The van der Waals surface area contributed by atoms with Gasteiger partial charge < -0.3 is 4.74 Å². The van der Waals surface area contributed by atoms with E-state index in [1.54, 1.807) is 38.1 Å². The fourth-order valence-electron chi connectivity index (χ4n) is 2.11. The summed E-state index contributed by atoms with van der Waals surface area (Å²) < 4.78 is 4.89. The average molecular weight is 282 g/mol. The number of ether oxygens (including phenoxy) is 1. The van der Waals surface area contributed by atoms with Crippen LogP contribution >= 0.6 is 0 Å². The topological polar surface area (TPSA) is 79.5 Å². The molecule has 0 bridgehead atoms. The fraction of sp³-hybridized carbons (Fsp3) is 0.250. The Bertz CT molecular complexity index is 678. The van der Waals surface area contributed by atoms with E-state index < -0.39 is 11.9 Å². The molecule has 5 nitrogen and oxygen atoms in total. The number of allylic oxidation sites excluding steroid dienone is 2. The zero-order chi connectivity index (χ0) is 15.4. The Morgan fingerprint density at radius 3 is 2.62 bits per heavy atom. The second-order valence-electron chi connectivity index (χ2n) is 4.52. The van der Waals surface area contributed by atoms with Gasteiger partial charge in [0.15, 0.2) is 11.7 Å². The molecule has 0 N–H and O–H groups in total. The summed E-state index contributed by atoms with van der Waals surface area (Å²) in [5.74, 6) is -1.92. The molecular formula is C16H14N2O3. The van der Waals surface area contributed by atoms with Crippen LogP contribution in [-0.4, -0.2) is 24.6 Å². The van der Waals surface area contributed by atoms with Crippen molar-refractivity contribution in [1.29, 1.82) is 5.26 Å². The van der Waals surface area contributed by atoms with E-state index in [0.29, 0.717) is 22.4 Å². The van der Waals surface area contributed by atoms with Gasteiger partial charge >= 0.3 is 5.97 Å². The molecule has 1 aliphatic rings. The molecule has 0 amide bonds. The molecule has 0 aliphatic carbocycles. The quantitative estimate of drug-likeness (QED) is 0.628. The molecule has 5 heteroatoms. The summed E-state index contributed by atoms with van der Waals surface area (Å²) in [6.45, 7) is 3.61. The van der Waals surface area contributed by atoms with Crippen LogP contribution in [0.15, 0.2) is 35.0 Å². The van der Waals surface area contributed by atoms with Gasteiger partial charge in [-0.15, -0.1) is 0 Å². The van der Waals surface area contributed by atoms with E-state index in [1.807, 2.05) is 6.07 Å². The maximum absolute atomic E-state index is 12.5. The molecular weight excluding hydrogens is 268 g/mol. The van der Waals surface area contributed by atoms with Gasteiger partial charge in [0, 0.05) is 17.5 Å². The molecule has 21 heavy (non-hydrogen) atoms. The number of carbonyl (C=O) groups is 2. The third-order valence-corrected chi connectivity index (χ3v) is 3.15. The van der Waals surface area contributed by atoms with Crippen LogP contribution in [0, 0.1) is 17.2 Å². The van der Waals surface area contributed by atoms with Crippen LogP contribution in [0.3, 0.4) is 0 Å². The van der Waals surface area contributed by atoms with E-state index >= 15 is 0 Å². The number of aliphatic imine (C=N–C) groups is 1. The minimum Gasteiger partial charge on any atom is -0.465 e. The lowest BCUT2D eigenvalue weighted by atomic mass is 9.89. The largest absolute Gasteiger partial charge is 0.465 e. The first kappa shape index (κ1) is 14.7. The smallest absolute Gasteiger partial charge is 0.322 e. The highest BCUT2D eigenvalue weighted by Crippen LogP contribution is 2.27. The van der Waals surface area contributed by atoms with Crippen molar-refractivity contribution in [2.45, 2.75) is 13.8 Å². The standard InChI is InChI=1S/C16H14N2O3/c1-3-21-16(20)13-9-18-10(2)14(15(13)19)12-6-4-11(8-17)5-7-12/h4-7,9,13H,3H2,1-2H3. The predicted molar refractivity (Wildman–Crippen MR) is 77.4 cm³/mol. The fourth-order valence-corrected chi connectivity index (χ4v) is 2.11. The lowest BCUT2D eigenvalue weighted by Gasteiger charge is -2.18. The monoisotopic (exact) mass is 282 g/mol. The van der Waals surface area contributed by atoms with Gasteiger partial charge in [0.2, 0.25) is 0 Å². The lowest BCUT2D eigenvalue weighted by Crippen LogP contribution is -2.30. The molecule has 0 spiro atoms. The molecule has 0 fully saturated rings. The van der Waals surface area contributed by atoms with Gasteiger partial charge in [-0.1, -0.05) is 12.1 Å². The first-order chi connectivity index (χ1) is 10.1. The average Bonchev–Trinajstić information content (AvgIpc) is 2.48. The van der Waals surface area contributed by atoms with Gasteiger partial charge in [-0.3, -0.25) is 14.6 Å². The Labute approximate surface area is 122 Å². The number of benzene rings is 1. The first-order valence-electron chi connectivity index (χ1n) is 6.55. The summed E-state index contributed by atoms with van der Waals surface area (Å²) in [6, 6.07) is 8.63. The van der Waals surface area contributed by atoms with E-state index in [1.165, 1.54) is 6.21 Å². The molecule has 1 atom stereocenters. The van der Waals surface area contributed by atoms with Crippen molar-refractivity contribution in [2.75, 3.05) is 6.61 Å². The Balaban J connectivity index is 2.37.